The fourth-order valence-electron chi connectivity index (χ4n) is 2.48. The van der Waals surface area contributed by atoms with Crippen molar-refractivity contribution in [3.8, 4) is 0 Å². The first-order valence-electron chi connectivity index (χ1n) is 7.28. The second-order valence-corrected chi connectivity index (χ2v) is 5.71. The molecule has 0 aliphatic carbocycles. The lowest BCUT2D eigenvalue weighted by atomic mass is 10.0. The van der Waals surface area contributed by atoms with Gasteiger partial charge in [-0.25, -0.2) is 0 Å². The maximum atomic E-state index is 11.9. The smallest absolute Gasteiger partial charge is 0.234 e. The Bertz CT molecular complexity index is 241. The van der Waals surface area contributed by atoms with Crippen molar-refractivity contribution in [2.75, 3.05) is 33.2 Å². The molecule has 1 atom stereocenters. The van der Waals surface area contributed by atoms with E-state index in [1.165, 1.54) is 19.3 Å². The van der Waals surface area contributed by atoms with Gasteiger partial charge in [0.1, 0.15) is 0 Å². The molecular weight excluding hydrogens is 226 g/mol. The predicted octanol–water partition coefficient (Wildman–Crippen LogP) is 1.22. The zero-order chi connectivity index (χ0) is 13.4. The van der Waals surface area contributed by atoms with Gasteiger partial charge in [0, 0.05) is 19.1 Å². The summed E-state index contributed by atoms with van der Waals surface area (Å²) in [5.41, 5.74) is 0. The number of rotatable bonds is 7. The lowest BCUT2D eigenvalue weighted by Gasteiger charge is -2.35. The standard InChI is InChI=1S/C14H29N3O/c1-12(2)7-8-16-14(18)11-17-9-5-4-6-13(17)10-15-3/h12-13,15H,4-11H2,1-3H3,(H,16,18). The highest BCUT2D eigenvalue weighted by atomic mass is 16.2. The monoisotopic (exact) mass is 255 g/mol. The summed E-state index contributed by atoms with van der Waals surface area (Å²) in [6.07, 6.45) is 4.78. The highest BCUT2D eigenvalue weighted by Crippen LogP contribution is 2.15. The third kappa shape index (κ3) is 5.83. The quantitative estimate of drug-likeness (QED) is 0.719. The molecule has 0 aromatic carbocycles. The molecule has 1 saturated heterocycles. The molecule has 4 heteroatoms. The largest absolute Gasteiger partial charge is 0.355 e. The Kier molecular flexibility index (Phi) is 7.28. The minimum atomic E-state index is 0.179. The van der Waals surface area contributed by atoms with Gasteiger partial charge in [0.2, 0.25) is 5.91 Å². The number of likely N-dealkylation sites (N-methyl/N-ethyl adjacent to an activating group) is 1. The van der Waals surface area contributed by atoms with E-state index in [0.717, 1.165) is 26.1 Å². The molecule has 1 fully saturated rings. The van der Waals surface area contributed by atoms with Crippen molar-refractivity contribution in [3.05, 3.63) is 0 Å². The number of hydrogen-bond donors (Lipinski definition) is 2. The summed E-state index contributed by atoms with van der Waals surface area (Å²) in [6.45, 7) is 7.77. The molecule has 18 heavy (non-hydrogen) atoms. The van der Waals surface area contributed by atoms with Crippen molar-refractivity contribution in [1.29, 1.82) is 0 Å². The van der Waals surface area contributed by atoms with Crippen LogP contribution in [0.4, 0.5) is 0 Å². The first-order valence-corrected chi connectivity index (χ1v) is 7.28. The second kappa shape index (κ2) is 8.48. The van der Waals surface area contributed by atoms with Crippen LogP contribution in [0.3, 0.4) is 0 Å². The summed E-state index contributed by atoms with van der Waals surface area (Å²) in [5, 5.41) is 6.25. The van der Waals surface area contributed by atoms with Crippen LogP contribution in [0.1, 0.15) is 39.5 Å². The number of carbonyl (C=O) groups is 1. The van der Waals surface area contributed by atoms with Crippen molar-refractivity contribution in [2.24, 2.45) is 5.92 Å². The summed E-state index contributed by atoms with van der Waals surface area (Å²) >= 11 is 0. The number of carbonyl (C=O) groups excluding carboxylic acids is 1. The molecule has 0 radical (unpaired) electrons. The minimum absolute atomic E-state index is 0.179. The average molecular weight is 255 g/mol. The fourth-order valence-corrected chi connectivity index (χ4v) is 2.48. The van der Waals surface area contributed by atoms with Gasteiger partial charge in [-0.05, 0) is 38.8 Å². The predicted molar refractivity (Wildman–Crippen MR) is 75.6 cm³/mol. The maximum absolute atomic E-state index is 11.9. The van der Waals surface area contributed by atoms with E-state index in [0.29, 0.717) is 18.5 Å². The van der Waals surface area contributed by atoms with Gasteiger partial charge in [-0.3, -0.25) is 9.69 Å². The third-order valence-corrected chi connectivity index (χ3v) is 3.58. The number of piperidine rings is 1. The maximum Gasteiger partial charge on any atom is 0.234 e. The molecule has 1 aliphatic heterocycles. The summed E-state index contributed by atoms with van der Waals surface area (Å²) in [7, 11) is 1.98. The van der Waals surface area contributed by atoms with Gasteiger partial charge in [-0.1, -0.05) is 20.3 Å². The first-order chi connectivity index (χ1) is 8.63. The zero-order valence-corrected chi connectivity index (χ0v) is 12.2. The van der Waals surface area contributed by atoms with Crippen LogP contribution in [-0.2, 0) is 4.79 Å². The van der Waals surface area contributed by atoms with Gasteiger partial charge in [-0.2, -0.15) is 0 Å². The summed E-state index contributed by atoms with van der Waals surface area (Å²) < 4.78 is 0. The summed E-state index contributed by atoms with van der Waals surface area (Å²) in [5.74, 6) is 0.830. The van der Waals surface area contributed by atoms with E-state index in [4.69, 9.17) is 0 Å². The molecule has 0 spiro atoms. The van der Waals surface area contributed by atoms with Crippen LogP contribution in [0, 0.1) is 5.92 Å². The third-order valence-electron chi connectivity index (χ3n) is 3.58. The van der Waals surface area contributed by atoms with Gasteiger partial charge in [0.05, 0.1) is 6.54 Å². The molecule has 1 amide bonds. The molecule has 0 aromatic heterocycles. The topological polar surface area (TPSA) is 44.4 Å². The van der Waals surface area contributed by atoms with Crippen LogP contribution >= 0.6 is 0 Å². The van der Waals surface area contributed by atoms with Crippen LogP contribution < -0.4 is 10.6 Å². The SMILES string of the molecule is CNCC1CCCCN1CC(=O)NCCC(C)C. The lowest BCUT2D eigenvalue weighted by molar-refractivity contribution is -0.123. The molecule has 1 aliphatic rings. The van der Waals surface area contributed by atoms with Crippen molar-refractivity contribution in [3.63, 3.8) is 0 Å². The number of amides is 1. The Balaban J connectivity index is 2.27. The lowest BCUT2D eigenvalue weighted by Crippen LogP contribution is -2.49. The fraction of sp³-hybridized carbons (Fsp3) is 0.929. The van der Waals surface area contributed by atoms with E-state index in [1.54, 1.807) is 0 Å². The average Bonchev–Trinajstić information content (AvgIpc) is 2.31. The molecule has 0 aromatic rings. The highest BCUT2D eigenvalue weighted by Gasteiger charge is 2.23. The van der Waals surface area contributed by atoms with Crippen molar-refractivity contribution < 1.29 is 4.79 Å². The number of hydrogen-bond acceptors (Lipinski definition) is 3. The van der Waals surface area contributed by atoms with E-state index in [1.807, 2.05) is 7.05 Å². The van der Waals surface area contributed by atoms with Gasteiger partial charge < -0.3 is 10.6 Å². The Morgan fingerprint density at radius 2 is 2.17 bits per heavy atom. The van der Waals surface area contributed by atoms with Crippen molar-refractivity contribution in [2.45, 2.75) is 45.6 Å². The molecule has 2 N–H and O–H groups in total. The first kappa shape index (κ1) is 15.4. The van der Waals surface area contributed by atoms with Gasteiger partial charge in [0.15, 0.2) is 0 Å². The number of nitrogens with one attached hydrogen (secondary N) is 2. The highest BCUT2D eigenvalue weighted by molar-refractivity contribution is 5.78. The Morgan fingerprint density at radius 1 is 1.39 bits per heavy atom. The van der Waals surface area contributed by atoms with E-state index in [2.05, 4.69) is 29.4 Å². The molecule has 106 valence electrons. The van der Waals surface area contributed by atoms with Gasteiger partial charge >= 0.3 is 0 Å². The minimum Gasteiger partial charge on any atom is -0.355 e. The van der Waals surface area contributed by atoms with E-state index in [9.17, 15) is 4.79 Å². The molecule has 0 saturated carbocycles. The molecule has 1 heterocycles. The molecule has 1 rings (SSSR count). The number of likely N-dealkylation sites (tertiary alicyclic amines) is 1. The molecule has 1 unspecified atom stereocenters. The normalized spacial score (nSPS) is 21.2. The van der Waals surface area contributed by atoms with Crippen molar-refractivity contribution >= 4 is 5.91 Å². The van der Waals surface area contributed by atoms with Crippen LogP contribution in [-0.4, -0.2) is 50.1 Å². The van der Waals surface area contributed by atoms with E-state index < -0.39 is 0 Å². The summed E-state index contributed by atoms with van der Waals surface area (Å²) in [6, 6.07) is 0.527. The molecular formula is C14H29N3O. The van der Waals surface area contributed by atoms with Crippen LogP contribution in [0.5, 0.6) is 0 Å². The Hall–Kier alpha value is -0.610. The Morgan fingerprint density at radius 3 is 2.83 bits per heavy atom. The second-order valence-electron chi connectivity index (χ2n) is 5.71. The van der Waals surface area contributed by atoms with Crippen LogP contribution in [0.2, 0.25) is 0 Å². The summed E-state index contributed by atoms with van der Waals surface area (Å²) in [4.78, 5) is 14.2. The molecule has 0 bridgehead atoms. The van der Waals surface area contributed by atoms with Crippen LogP contribution in [0.15, 0.2) is 0 Å². The Labute approximate surface area is 111 Å². The van der Waals surface area contributed by atoms with Gasteiger partial charge in [-0.15, -0.1) is 0 Å². The van der Waals surface area contributed by atoms with Gasteiger partial charge in [0.25, 0.3) is 0 Å². The van der Waals surface area contributed by atoms with E-state index >= 15 is 0 Å². The van der Waals surface area contributed by atoms with Crippen LogP contribution in [0.25, 0.3) is 0 Å². The van der Waals surface area contributed by atoms with Crippen molar-refractivity contribution in [1.82, 2.24) is 15.5 Å². The van der Waals surface area contributed by atoms with E-state index in [-0.39, 0.29) is 5.91 Å². The number of nitrogens with zero attached hydrogens (tertiary/aromatic N) is 1. The molecule has 4 nitrogen and oxygen atoms in total. The zero-order valence-electron chi connectivity index (χ0n) is 12.2.